The van der Waals surface area contributed by atoms with Gasteiger partial charge in [0.25, 0.3) is 5.91 Å². The summed E-state index contributed by atoms with van der Waals surface area (Å²) < 4.78 is 5.51. The average molecular weight is 445 g/mol. The van der Waals surface area contributed by atoms with Crippen molar-refractivity contribution in [2.24, 2.45) is 5.10 Å². The molecular weight excluding hydrogens is 420 g/mol. The summed E-state index contributed by atoms with van der Waals surface area (Å²) in [5, 5.41) is 9.55. The second kappa shape index (κ2) is 12.3. The minimum atomic E-state index is -0.840. The number of hydrogen-bond acceptors (Lipinski definition) is 5. The standard InChI is InChI=1S/C22H25ClN4O4/c1-3-4-10-24-21(29)22(30)27-25-13-16-6-5-7-18(11-16)31-14-20(28)26-19-12-17(23)9-8-15(19)2/h5-9,11-13H,3-4,10,14H2,1-2H3,(H,24,29)(H,26,28)(H,27,30)/b25-13-. The highest BCUT2D eigenvalue weighted by atomic mass is 35.5. The molecule has 8 nitrogen and oxygen atoms in total. The maximum Gasteiger partial charge on any atom is 0.329 e. The second-order valence-corrected chi connectivity index (χ2v) is 7.11. The first-order valence-corrected chi connectivity index (χ1v) is 10.2. The van der Waals surface area contributed by atoms with Crippen molar-refractivity contribution >= 4 is 41.2 Å². The smallest absolute Gasteiger partial charge is 0.329 e. The van der Waals surface area contributed by atoms with Gasteiger partial charge < -0.3 is 15.4 Å². The lowest BCUT2D eigenvalue weighted by Gasteiger charge is -2.10. The highest BCUT2D eigenvalue weighted by Gasteiger charge is 2.11. The molecule has 2 aromatic carbocycles. The number of ether oxygens (including phenoxy) is 1. The molecule has 0 aliphatic rings. The van der Waals surface area contributed by atoms with Gasteiger partial charge in [-0.3, -0.25) is 14.4 Å². The number of rotatable bonds is 9. The van der Waals surface area contributed by atoms with Crippen LogP contribution >= 0.6 is 11.6 Å². The summed E-state index contributed by atoms with van der Waals surface area (Å²) >= 11 is 5.95. The van der Waals surface area contributed by atoms with Gasteiger partial charge in [-0.15, -0.1) is 0 Å². The van der Waals surface area contributed by atoms with E-state index >= 15 is 0 Å². The Morgan fingerprint density at radius 2 is 1.94 bits per heavy atom. The monoisotopic (exact) mass is 444 g/mol. The van der Waals surface area contributed by atoms with Crippen molar-refractivity contribution in [3.8, 4) is 5.75 Å². The Hall–Kier alpha value is -3.39. The van der Waals surface area contributed by atoms with Crippen molar-refractivity contribution in [1.29, 1.82) is 0 Å². The van der Waals surface area contributed by atoms with Gasteiger partial charge >= 0.3 is 11.8 Å². The Labute approximate surface area is 186 Å². The van der Waals surface area contributed by atoms with Gasteiger partial charge in [-0.1, -0.05) is 43.1 Å². The van der Waals surface area contributed by atoms with Gasteiger partial charge in [0, 0.05) is 17.3 Å². The molecule has 0 saturated carbocycles. The van der Waals surface area contributed by atoms with Crippen LogP contribution in [0.3, 0.4) is 0 Å². The molecule has 0 spiro atoms. The lowest BCUT2D eigenvalue weighted by molar-refractivity contribution is -0.139. The van der Waals surface area contributed by atoms with Crippen LogP contribution in [0.15, 0.2) is 47.6 Å². The van der Waals surface area contributed by atoms with E-state index in [9.17, 15) is 14.4 Å². The predicted molar refractivity (Wildman–Crippen MR) is 120 cm³/mol. The molecule has 31 heavy (non-hydrogen) atoms. The Bertz CT molecular complexity index is 962. The van der Waals surface area contributed by atoms with E-state index in [2.05, 4.69) is 21.2 Å². The molecule has 0 atom stereocenters. The number of nitrogens with one attached hydrogen (secondary N) is 3. The number of nitrogens with zero attached hydrogens (tertiary/aromatic N) is 1. The van der Waals surface area contributed by atoms with Crippen molar-refractivity contribution in [3.05, 3.63) is 58.6 Å². The van der Waals surface area contributed by atoms with Crippen LogP contribution in [0.25, 0.3) is 0 Å². The van der Waals surface area contributed by atoms with Gasteiger partial charge in [-0.05, 0) is 48.7 Å². The summed E-state index contributed by atoms with van der Waals surface area (Å²) in [6.45, 7) is 4.10. The number of unbranched alkanes of at least 4 members (excludes halogenated alkanes) is 1. The number of carbonyl (C=O) groups excluding carboxylic acids is 3. The molecule has 164 valence electrons. The molecule has 3 amide bonds. The van der Waals surface area contributed by atoms with Crippen molar-refractivity contribution in [1.82, 2.24) is 10.7 Å². The molecule has 0 fully saturated rings. The van der Waals surface area contributed by atoms with E-state index in [0.29, 0.717) is 28.6 Å². The molecule has 0 aliphatic heterocycles. The number of amides is 3. The number of hydrazone groups is 1. The molecule has 2 aromatic rings. The van der Waals surface area contributed by atoms with Gasteiger partial charge in [-0.25, -0.2) is 5.43 Å². The van der Waals surface area contributed by atoms with Gasteiger partial charge in [0.1, 0.15) is 5.75 Å². The molecule has 0 bridgehead atoms. The fraction of sp³-hybridized carbons (Fsp3) is 0.273. The second-order valence-electron chi connectivity index (χ2n) is 6.68. The molecule has 0 aliphatic carbocycles. The maximum atomic E-state index is 12.1. The first kappa shape index (κ1) is 23.9. The molecule has 0 radical (unpaired) electrons. The minimum Gasteiger partial charge on any atom is -0.484 e. The lowest BCUT2D eigenvalue weighted by Crippen LogP contribution is -2.38. The van der Waals surface area contributed by atoms with Crippen LogP contribution in [0.1, 0.15) is 30.9 Å². The fourth-order valence-electron chi connectivity index (χ4n) is 2.42. The Balaban J connectivity index is 1.84. The van der Waals surface area contributed by atoms with Crippen LogP contribution in [-0.2, 0) is 14.4 Å². The predicted octanol–water partition coefficient (Wildman–Crippen LogP) is 3.03. The molecule has 9 heteroatoms. The van der Waals surface area contributed by atoms with Crippen LogP contribution in [0.4, 0.5) is 5.69 Å². The van der Waals surface area contributed by atoms with E-state index in [0.717, 1.165) is 18.4 Å². The van der Waals surface area contributed by atoms with Crippen molar-refractivity contribution < 1.29 is 19.1 Å². The molecule has 0 heterocycles. The largest absolute Gasteiger partial charge is 0.484 e. The first-order chi connectivity index (χ1) is 14.9. The van der Waals surface area contributed by atoms with Crippen molar-refractivity contribution in [2.75, 3.05) is 18.5 Å². The number of benzene rings is 2. The number of aryl methyl sites for hydroxylation is 1. The van der Waals surface area contributed by atoms with Crippen LogP contribution in [-0.4, -0.2) is 37.1 Å². The van der Waals surface area contributed by atoms with Crippen molar-refractivity contribution in [3.63, 3.8) is 0 Å². The van der Waals surface area contributed by atoms with Gasteiger partial charge in [0.05, 0.1) is 6.21 Å². The van der Waals surface area contributed by atoms with Gasteiger partial charge in [0.2, 0.25) is 0 Å². The third-order valence-electron chi connectivity index (χ3n) is 4.10. The van der Waals surface area contributed by atoms with E-state index in [1.54, 1.807) is 36.4 Å². The highest BCUT2D eigenvalue weighted by molar-refractivity contribution is 6.35. The average Bonchev–Trinajstić information content (AvgIpc) is 2.75. The van der Waals surface area contributed by atoms with E-state index < -0.39 is 11.8 Å². The summed E-state index contributed by atoms with van der Waals surface area (Å²) in [5.74, 6) is -1.45. The van der Waals surface area contributed by atoms with Gasteiger partial charge in [0.15, 0.2) is 6.61 Å². The topological polar surface area (TPSA) is 109 Å². The van der Waals surface area contributed by atoms with E-state index in [1.807, 2.05) is 19.9 Å². The quantitative estimate of drug-likeness (QED) is 0.239. The third kappa shape index (κ3) is 8.47. The van der Waals surface area contributed by atoms with Crippen LogP contribution in [0, 0.1) is 6.92 Å². The highest BCUT2D eigenvalue weighted by Crippen LogP contribution is 2.20. The summed E-state index contributed by atoms with van der Waals surface area (Å²) in [7, 11) is 0. The maximum absolute atomic E-state index is 12.1. The Morgan fingerprint density at radius 1 is 1.13 bits per heavy atom. The number of halogens is 1. The van der Waals surface area contributed by atoms with Crippen molar-refractivity contribution in [2.45, 2.75) is 26.7 Å². The molecular formula is C22H25ClN4O4. The molecule has 0 saturated heterocycles. The van der Waals surface area contributed by atoms with Crippen LogP contribution in [0.5, 0.6) is 5.75 Å². The van der Waals surface area contributed by atoms with E-state index in [4.69, 9.17) is 16.3 Å². The van der Waals surface area contributed by atoms with Crippen LogP contribution in [0.2, 0.25) is 5.02 Å². The third-order valence-corrected chi connectivity index (χ3v) is 4.34. The fourth-order valence-corrected chi connectivity index (χ4v) is 2.60. The number of hydrogen-bond donors (Lipinski definition) is 3. The minimum absolute atomic E-state index is 0.193. The molecule has 0 unspecified atom stereocenters. The summed E-state index contributed by atoms with van der Waals surface area (Å²) in [6.07, 6.45) is 3.09. The molecule has 3 N–H and O–H groups in total. The zero-order valence-electron chi connectivity index (χ0n) is 17.4. The van der Waals surface area contributed by atoms with Crippen LogP contribution < -0.4 is 20.8 Å². The zero-order chi connectivity index (χ0) is 22.6. The number of carbonyl (C=O) groups is 3. The Kier molecular flexibility index (Phi) is 9.51. The molecule has 0 aromatic heterocycles. The lowest BCUT2D eigenvalue weighted by atomic mass is 10.2. The summed E-state index contributed by atoms with van der Waals surface area (Å²) in [5.41, 5.74) is 4.30. The normalized spacial score (nSPS) is 10.5. The summed E-state index contributed by atoms with van der Waals surface area (Å²) in [4.78, 5) is 35.4. The number of anilines is 1. The van der Waals surface area contributed by atoms with Gasteiger partial charge in [-0.2, -0.15) is 5.10 Å². The van der Waals surface area contributed by atoms with E-state index in [1.165, 1.54) is 6.21 Å². The Morgan fingerprint density at radius 3 is 2.71 bits per heavy atom. The summed E-state index contributed by atoms with van der Waals surface area (Å²) in [6, 6.07) is 12.0. The first-order valence-electron chi connectivity index (χ1n) is 9.79. The zero-order valence-corrected chi connectivity index (χ0v) is 18.2. The molecule has 2 rings (SSSR count). The SMILES string of the molecule is CCCCNC(=O)C(=O)N/N=C\c1cccc(OCC(=O)Nc2cc(Cl)ccc2C)c1. The van der Waals surface area contributed by atoms with E-state index in [-0.39, 0.29) is 12.5 Å².